The van der Waals surface area contributed by atoms with E-state index in [1.54, 1.807) is 0 Å². The number of methoxy groups -OCH3 is 2. The lowest BCUT2D eigenvalue weighted by molar-refractivity contribution is -0.267. The van der Waals surface area contributed by atoms with Crippen LogP contribution in [-0.4, -0.2) is 32.2 Å². The number of ether oxygens (including phenoxy) is 2. The molecule has 0 fully saturated rings. The number of hydrogen-bond donors (Lipinski definition) is 1. The first-order chi connectivity index (χ1) is 9.11. The molecule has 0 saturated carbocycles. The Morgan fingerprint density at radius 3 is 1.80 bits per heavy atom. The summed E-state index contributed by atoms with van der Waals surface area (Å²) in [5.74, 6) is -7.74. The van der Waals surface area contributed by atoms with Crippen molar-refractivity contribution in [2.24, 2.45) is 0 Å². The Labute approximate surface area is 110 Å². The zero-order valence-corrected chi connectivity index (χ0v) is 10.3. The third-order valence-corrected chi connectivity index (χ3v) is 2.25. The molecule has 0 aliphatic carbocycles. The summed E-state index contributed by atoms with van der Waals surface area (Å²) in [4.78, 5) is 11.0. The van der Waals surface area contributed by atoms with Crippen LogP contribution in [0.1, 0.15) is 0 Å². The summed E-state index contributed by atoms with van der Waals surface area (Å²) in [6, 6.07) is 3.51. The Kier molecular flexibility index (Phi) is 4.41. The molecular formula is C11H10F5NO3. The van der Waals surface area contributed by atoms with E-state index >= 15 is 0 Å². The van der Waals surface area contributed by atoms with Crippen LogP contribution >= 0.6 is 0 Å². The highest BCUT2D eigenvalue weighted by Crippen LogP contribution is 2.36. The molecule has 1 rings (SSSR count). The van der Waals surface area contributed by atoms with Crippen LogP contribution in [0.4, 0.5) is 27.6 Å². The van der Waals surface area contributed by atoms with Crippen molar-refractivity contribution in [3.8, 4) is 11.5 Å². The van der Waals surface area contributed by atoms with Crippen LogP contribution in [0.3, 0.4) is 0 Å². The van der Waals surface area contributed by atoms with Crippen molar-refractivity contribution in [3.63, 3.8) is 0 Å². The van der Waals surface area contributed by atoms with Gasteiger partial charge in [0.25, 0.3) is 0 Å². The minimum Gasteiger partial charge on any atom is -0.497 e. The zero-order chi connectivity index (χ0) is 15.6. The summed E-state index contributed by atoms with van der Waals surface area (Å²) in [6.45, 7) is 0. The Balaban J connectivity index is 3.02. The van der Waals surface area contributed by atoms with E-state index in [4.69, 9.17) is 9.47 Å². The molecular weight excluding hydrogens is 289 g/mol. The Morgan fingerprint density at radius 2 is 1.45 bits per heavy atom. The maximum Gasteiger partial charge on any atom is 0.463 e. The molecule has 1 N–H and O–H groups in total. The van der Waals surface area contributed by atoms with Gasteiger partial charge in [-0.15, -0.1) is 0 Å². The standard InChI is InChI=1S/C11H10F5NO3/c1-19-7-3-6(4-8(5-7)20-2)17-9(18)10(12,13)11(14,15)16/h3-5H,1-2H3,(H,17,18). The van der Waals surface area contributed by atoms with Gasteiger partial charge in [-0.2, -0.15) is 22.0 Å². The van der Waals surface area contributed by atoms with Crippen molar-refractivity contribution >= 4 is 11.6 Å². The van der Waals surface area contributed by atoms with E-state index < -0.39 is 18.0 Å². The first-order valence-corrected chi connectivity index (χ1v) is 5.11. The fourth-order valence-electron chi connectivity index (χ4n) is 1.22. The van der Waals surface area contributed by atoms with Crippen LogP contribution in [0.2, 0.25) is 0 Å². The second kappa shape index (κ2) is 5.51. The summed E-state index contributed by atoms with van der Waals surface area (Å²) in [7, 11) is 2.51. The number of alkyl halides is 5. The lowest BCUT2D eigenvalue weighted by Gasteiger charge is -2.19. The minimum atomic E-state index is -5.97. The first kappa shape index (κ1) is 16.0. The van der Waals surface area contributed by atoms with Crippen molar-refractivity contribution in [1.82, 2.24) is 0 Å². The van der Waals surface area contributed by atoms with E-state index in [9.17, 15) is 26.7 Å². The molecule has 0 radical (unpaired) electrons. The highest BCUT2D eigenvalue weighted by Gasteiger charge is 2.63. The Hall–Kier alpha value is -2.06. The lowest BCUT2D eigenvalue weighted by atomic mass is 10.2. The highest BCUT2D eigenvalue weighted by atomic mass is 19.4. The van der Waals surface area contributed by atoms with Gasteiger partial charge >= 0.3 is 18.0 Å². The van der Waals surface area contributed by atoms with Crippen LogP contribution < -0.4 is 14.8 Å². The second-order valence-electron chi connectivity index (χ2n) is 3.63. The van der Waals surface area contributed by atoms with Crippen molar-refractivity contribution in [2.75, 3.05) is 19.5 Å². The van der Waals surface area contributed by atoms with Crippen LogP contribution in [0.5, 0.6) is 11.5 Å². The average Bonchev–Trinajstić information content (AvgIpc) is 2.36. The van der Waals surface area contributed by atoms with Gasteiger partial charge in [0.15, 0.2) is 0 Å². The molecule has 0 unspecified atom stereocenters. The molecule has 0 aromatic heterocycles. The van der Waals surface area contributed by atoms with Crippen molar-refractivity contribution in [1.29, 1.82) is 0 Å². The van der Waals surface area contributed by atoms with Gasteiger partial charge in [0.05, 0.1) is 14.2 Å². The number of nitrogens with one attached hydrogen (secondary N) is 1. The van der Waals surface area contributed by atoms with Crippen LogP contribution in [0.25, 0.3) is 0 Å². The quantitative estimate of drug-likeness (QED) is 0.870. The molecule has 0 aliphatic rings. The topological polar surface area (TPSA) is 47.6 Å². The largest absolute Gasteiger partial charge is 0.497 e. The number of hydrogen-bond acceptors (Lipinski definition) is 3. The number of halogens is 5. The fourth-order valence-corrected chi connectivity index (χ4v) is 1.22. The normalized spacial score (nSPS) is 11.9. The number of carbonyl (C=O) groups is 1. The van der Waals surface area contributed by atoms with Crippen LogP contribution in [-0.2, 0) is 4.79 Å². The van der Waals surface area contributed by atoms with Crippen LogP contribution in [0.15, 0.2) is 18.2 Å². The van der Waals surface area contributed by atoms with Gasteiger partial charge in [-0.05, 0) is 0 Å². The van der Waals surface area contributed by atoms with Gasteiger partial charge in [-0.1, -0.05) is 0 Å². The van der Waals surface area contributed by atoms with E-state index in [-0.39, 0.29) is 17.2 Å². The van der Waals surface area contributed by atoms with Gasteiger partial charge in [0.2, 0.25) is 0 Å². The number of benzene rings is 1. The third-order valence-electron chi connectivity index (χ3n) is 2.25. The highest BCUT2D eigenvalue weighted by molar-refractivity contribution is 5.97. The molecule has 9 heteroatoms. The maximum absolute atomic E-state index is 12.8. The second-order valence-corrected chi connectivity index (χ2v) is 3.63. The van der Waals surface area contributed by atoms with E-state index in [1.807, 2.05) is 0 Å². The van der Waals surface area contributed by atoms with Gasteiger partial charge in [-0.3, -0.25) is 4.79 Å². The predicted molar refractivity (Wildman–Crippen MR) is 59.2 cm³/mol. The molecule has 1 aromatic rings. The van der Waals surface area contributed by atoms with E-state index in [2.05, 4.69) is 0 Å². The zero-order valence-electron chi connectivity index (χ0n) is 10.3. The fraction of sp³-hybridized carbons (Fsp3) is 0.364. The first-order valence-electron chi connectivity index (χ1n) is 5.11. The van der Waals surface area contributed by atoms with Gasteiger partial charge < -0.3 is 14.8 Å². The van der Waals surface area contributed by atoms with E-state index in [0.717, 1.165) is 12.1 Å². The summed E-state index contributed by atoms with van der Waals surface area (Å²) in [5, 5.41) is 1.47. The van der Waals surface area contributed by atoms with Crippen molar-refractivity contribution in [2.45, 2.75) is 12.1 Å². The van der Waals surface area contributed by atoms with Crippen LogP contribution in [0, 0.1) is 0 Å². The average molecular weight is 299 g/mol. The molecule has 112 valence electrons. The van der Waals surface area contributed by atoms with Gasteiger partial charge in [0, 0.05) is 23.9 Å². The molecule has 1 amide bonds. The third kappa shape index (κ3) is 3.28. The minimum absolute atomic E-state index is 0.120. The van der Waals surface area contributed by atoms with Crippen molar-refractivity contribution in [3.05, 3.63) is 18.2 Å². The SMILES string of the molecule is COc1cc(NC(=O)C(F)(F)C(F)(F)F)cc(OC)c1. The smallest absolute Gasteiger partial charge is 0.463 e. The molecule has 0 atom stereocenters. The summed E-state index contributed by atoms with van der Waals surface area (Å²) < 4.78 is 71.2. The van der Waals surface area contributed by atoms with Crippen molar-refractivity contribution < 1.29 is 36.2 Å². The number of rotatable bonds is 4. The number of carbonyl (C=O) groups excluding carboxylic acids is 1. The summed E-state index contributed by atoms with van der Waals surface area (Å²) in [6.07, 6.45) is -5.97. The summed E-state index contributed by atoms with van der Waals surface area (Å²) >= 11 is 0. The van der Waals surface area contributed by atoms with E-state index in [0.29, 0.717) is 0 Å². The molecule has 0 saturated heterocycles. The Morgan fingerprint density at radius 1 is 1.00 bits per heavy atom. The molecule has 0 bridgehead atoms. The summed E-state index contributed by atoms with van der Waals surface area (Å²) in [5.41, 5.74) is -0.310. The van der Waals surface area contributed by atoms with Gasteiger partial charge in [0.1, 0.15) is 11.5 Å². The predicted octanol–water partition coefficient (Wildman–Crippen LogP) is 2.84. The molecule has 20 heavy (non-hydrogen) atoms. The monoisotopic (exact) mass is 299 g/mol. The Bertz CT molecular complexity index is 479. The van der Waals surface area contributed by atoms with E-state index in [1.165, 1.54) is 25.6 Å². The molecule has 0 heterocycles. The molecule has 0 aliphatic heterocycles. The molecule has 4 nitrogen and oxygen atoms in total. The molecule has 0 spiro atoms. The molecule has 1 aromatic carbocycles. The van der Waals surface area contributed by atoms with Gasteiger partial charge in [-0.25, -0.2) is 0 Å². The number of amides is 1. The number of anilines is 1. The lowest BCUT2D eigenvalue weighted by Crippen LogP contribution is -2.47. The maximum atomic E-state index is 12.8.